The molecule has 21 heteroatoms. The Morgan fingerprint density at radius 3 is 2.60 bits per heavy atom. The number of benzene rings is 2. The van der Waals surface area contributed by atoms with E-state index in [9.17, 15) is 28.7 Å². The molecular weight excluding hydrogens is 792 g/mol. The minimum absolute atomic E-state index is 0.00493. The van der Waals surface area contributed by atoms with Crippen LogP contribution in [0, 0.1) is 0 Å². The minimum atomic E-state index is -4.91. The maximum Gasteiger partial charge on any atom is 0.469 e. The Morgan fingerprint density at radius 2 is 1.79 bits per heavy atom. The van der Waals surface area contributed by atoms with Gasteiger partial charge in [-0.25, -0.2) is 19.3 Å². The number of carbonyl (C=O) groups is 2. The number of nitrogen functional groups attached to an aromatic ring is 2. The average molecular weight is 842 g/mol. The monoisotopic (exact) mass is 841 g/mol. The Hall–Kier alpha value is -4.98. The molecule has 19 nitrogen and oxygen atoms in total. The van der Waals surface area contributed by atoms with Crippen LogP contribution in [0.25, 0.3) is 32.0 Å². The van der Waals surface area contributed by atoms with Crippen molar-refractivity contribution < 1.29 is 42.9 Å². The van der Waals surface area contributed by atoms with Crippen molar-refractivity contribution >= 4 is 64.2 Å². The molecule has 0 spiro atoms. The normalized spacial score (nSPS) is 17.3. The van der Waals surface area contributed by atoms with Gasteiger partial charge >= 0.3 is 13.9 Å². The van der Waals surface area contributed by atoms with E-state index < -0.39 is 37.9 Å². The SMILES string of the molecule is Nc1ccc2[nH+]c3ccc(=NCCCCCCCC(=O)NCCCCCCNC(=O)OC[C@H]4O[C@@H](n5cnc6c(=O)[nH]c(N)nc65)C[C@@H]4OP(=O)(O)O)cc-3sc2c1. The zero-order chi connectivity index (χ0) is 41.1. The molecule has 312 valence electrons. The van der Waals surface area contributed by atoms with Crippen molar-refractivity contribution in [1.29, 1.82) is 0 Å². The third-order valence-electron chi connectivity index (χ3n) is 9.60. The molecule has 2 amide bonds. The quantitative estimate of drug-likeness (QED) is 0.0256. The molecule has 2 aliphatic heterocycles. The van der Waals surface area contributed by atoms with Gasteiger partial charge in [0, 0.05) is 50.3 Å². The Bertz CT molecular complexity index is 2330. The van der Waals surface area contributed by atoms with Crippen LogP contribution in [0.4, 0.5) is 16.4 Å². The number of amides is 2. The number of carbonyl (C=O) groups excluding carboxylic acids is 2. The van der Waals surface area contributed by atoms with E-state index in [1.54, 1.807) is 11.3 Å². The van der Waals surface area contributed by atoms with E-state index in [0.717, 1.165) is 89.7 Å². The molecule has 1 aromatic carbocycles. The molecule has 10 N–H and O–H groups in total. The van der Waals surface area contributed by atoms with Crippen molar-refractivity contribution in [1.82, 2.24) is 30.2 Å². The number of H-pyrrole nitrogens is 2. The molecular formula is C37H50N10O9PS+. The molecule has 0 saturated carbocycles. The van der Waals surface area contributed by atoms with Gasteiger partial charge < -0.3 is 41.4 Å². The van der Waals surface area contributed by atoms with Crippen LogP contribution in [0.3, 0.4) is 0 Å². The van der Waals surface area contributed by atoms with Crippen LogP contribution in [0.1, 0.15) is 76.9 Å². The summed E-state index contributed by atoms with van der Waals surface area (Å²) in [5.41, 5.74) is 14.1. The Morgan fingerprint density at radius 1 is 1.03 bits per heavy atom. The average Bonchev–Trinajstić information content (AvgIpc) is 3.78. The summed E-state index contributed by atoms with van der Waals surface area (Å²) < 4.78 is 30.2. The fraction of sp³-hybridized carbons (Fsp3) is 0.486. The number of phosphoric acid groups is 1. The molecule has 3 aromatic rings. The number of hydrogen-bond acceptors (Lipinski definition) is 13. The Kier molecular flexibility index (Phi) is 14.8. The highest BCUT2D eigenvalue weighted by Crippen LogP contribution is 2.44. The zero-order valence-electron chi connectivity index (χ0n) is 31.9. The maximum atomic E-state index is 12.3. The van der Waals surface area contributed by atoms with E-state index in [4.69, 9.17) is 30.5 Å². The lowest BCUT2D eigenvalue weighted by Gasteiger charge is -2.19. The smallest absolute Gasteiger partial charge is 0.447 e. The number of alkyl carbamates (subject to hydrolysis) is 1. The molecule has 3 atom stereocenters. The summed E-state index contributed by atoms with van der Waals surface area (Å²) >= 11 is 1.70. The minimum Gasteiger partial charge on any atom is -0.447 e. The summed E-state index contributed by atoms with van der Waals surface area (Å²) in [4.78, 5) is 75.4. The molecule has 1 fully saturated rings. The van der Waals surface area contributed by atoms with Crippen molar-refractivity contribution in [3.05, 3.63) is 58.4 Å². The van der Waals surface area contributed by atoms with Crippen LogP contribution in [-0.2, 0) is 23.4 Å². The van der Waals surface area contributed by atoms with Gasteiger partial charge in [-0.05, 0) is 49.9 Å². The predicted molar refractivity (Wildman–Crippen MR) is 216 cm³/mol. The number of anilines is 2. The van der Waals surface area contributed by atoms with E-state index in [-0.39, 0.29) is 36.0 Å². The van der Waals surface area contributed by atoms with E-state index >= 15 is 0 Å². The zero-order valence-corrected chi connectivity index (χ0v) is 33.6. The number of nitrogens with two attached hydrogens (primary N) is 2. The van der Waals surface area contributed by atoms with Crippen LogP contribution < -0.4 is 38.0 Å². The summed E-state index contributed by atoms with van der Waals surface area (Å²) in [6.07, 6.45) is 6.20. The van der Waals surface area contributed by atoms with Gasteiger partial charge in [0.2, 0.25) is 23.1 Å². The fourth-order valence-electron chi connectivity index (χ4n) is 6.70. The molecule has 3 aliphatic rings. The lowest BCUT2D eigenvalue weighted by atomic mass is 10.1. The standard InChI is InChI=1S/C37H49N10O9PS/c38-23-11-13-25-29(18-23)58-30-19-24(12-14-26(30)44-25)40-15-7-3-1-2-6-10-31(48)41-16-8-4-5-9-17-42-37(50)54-21-28-27(56-57(51,52)53)20-32(55-28)47-22-43-33-34(47)45-36(39)46-35(33)49/h11-14,18-19,22,27-28,32H,1-10,15-17,20-21,38H2,(H,41,48)(H,42,50)(H2,51,52,53)(H3,39,45,46,49)/p+1/t27-,28+,32+/m0/s1. The maximum absolute atomic E-state index is 12.3. The first kappa shape index (κ1) is 42.6. The van der Waals surface area contributed by atoms with Crippen molar-refractivity contribution in [3.63, 3.8) is 0 Å². The Balaban J connectivity index is 0.780. The van der Waals surface area contributed by atoms with E-state index in [1.807, 2.05) is 24.3 Å². The van der Waals surface area contributed by atoms with E-state index in [1.165, 1.54) is 10.9 Å². The van der Waals surface area contributed by atoms with Gasteiger partial charge in [0.1, 0.15) is 34.6 Å². The number of ether oxygens (including phenoxy) is 2. The first-order chi connectivity index (χ1) is 27.9. The lowest BCUT2D eigenvalue weighted by molar-refractivity contribution is -0.330. The highest BCUT2D eigenvalue weighted by molar-refractivity contribution is 7.46. The topological polar surface area (TPSA) is 286 Å². The third-order valence-corrected chi connectivity index (χ3v) is 11.3. The number of phosphoric ester groups is 1. The number of nitrogens with one attached hydrogen (secondary N) is 4. The van der Waals surface area contributed by atoms with Gasteiger partial charge in [0.25, 0.3) is 5.56 Å². The number of unbranched alkanes of at least 4 members (excludes halogenated alkanes) is 7. The first-order valence-electron chi connectivity index (χ1n) is 19.4. The molecule has 0 radical (unpaired) electrons. The van der Waals surface area contributed by atoms with Crippen LogP contribution >= 0.6 is 19.2 Å². The molecule has 1 saturated heterocycles. The number of nitrogens with zero attached hydrogens (tertiary/aromatic N) is 4. The largest absolute Gasteiger partial charge is 0.469 e. The Labute approximate surface area is 337 Å². The molecule has 0 unspecified atom stereocenters. The summed E-state index contributed by atoms with van der Waals surface area (Å²) in [6.45, 7) is 1.37. The van der Waals surface area contributed by atoms with Crippen LogP contribution in [0.5, 0.6) is 0 Å². The second-order valence-corrected chi connectivity index (χ2v) is 16.4. The fourth-order valence-corrected chi connectivity index (χ4v) is 8.35. The van der Waals surface area contributed by atoms with Crippen molar-refractivity contribution in [2.75, 3.05) is 37.7 Å². The molecule has 58 heavy (non-hydrogen) atoms. The molecule has 4 heterocycles. The summed E-state index contributed by atoms with van der Waals surface area (Å²) in [5.74, 6) is -0.0823. The summed E-state index contributed by atoms with van der Waals surface area (Å²) in [6, 6.07) is 12.1. The van der Waals surface area contributed by atoms with Gasteiger partial charge in [0.15, 0.2) is 11.2 Å². The van der Waals surface area contributed by atoms with Gasteiger partial charge in [-0.15, -0.1) is 11.3 Å². The van der Waals surface area contributed by atoms with Gasteiger partial charge in [-0.3, -0.25) is 28.7 Å². The van der Waals surface area contributed by atoms with Gasteiger partial charge in [-0.2, -0.15) is 4.98 Å². The molecule has 0 bridgehead atoms. The highest BCUT2D eigenvalue weighted by Gasteiger charge is 2.42. The second-order valence-electron chi connectivity index (χ2n) is 14.1. The van der Waals surface area contributed by atoms with Crippen LogP contribution in [-0.4, -0.2) is 79.8 Å². The summed E-state index contributed by atoms with van der Waals surface area (Å²) in [7, 11) is -4.91. The summed E-state index contributed by atoms with van der Waals surface area (Å²) in [5, 5.41) is 6.60. The van der Waals surface area contributed by atoms with Crippen molar-refractivity contribution in [3.8, 4) is 10.6 Å². The van der Waals surface area contributed by atoms with Crippen LogP contribution in [0.15, 0.2) is 52.5 Å². The number of imidazole rings is 1. The second kappa shape index (κ2) is 20.1. The van der Waals surface area contributed by atoms with E-state index in [2.05, 4.69) is 42.7 Å². The molecule has 6 rings (SSSR count). The van der Waals surface area contributed by atoms with Crippen molar-refractivity contribution in [2.45, 2.75) is 89.1 Å². The lowest BCUT2D eigenvalue weighted by Crippen LogP contribution is -2.33. The van der Waals surface area contributed by atoms with Gasteiger partial charge in [-0.1, -0.05) is 32.1 Å². The number of aromatic amines is 2. The van der Waals surface area contributed by atoms with Crippen LogP contribution in [0.2, 0.25) is 0 Å². The number of fused-ring (bicyclic) bond motifs is 3. The number of rotatable bonds is 20. The number of aromatic nitrogens is 5. The number of hydrogen-bond donors (Lipinski definition) is 7. The molecule has 1 aliphatic carbocycles. The first-order valence-corrected chi connectivity index (χ1v) is 21.7. The predicted octanol–water partition coefficient (Wildman–Crippen LogP) is 3.53. The highest BCUT2D eigenvalue weighted by atomic mass is 32.1. The molecule has 2 aromatic heterocycles. The van der Waals surface area contributed by atoms with Crippen molar-refractivity contribution in [2.24, 2.45) is 4.99 Å². The van der Waals surface area contributed by atoms with E-state index in [0.29, 0.717) is 25.9 Å². The van der Waals surface area contributed by atoms with Gasteiger partial charge in [0.05, 0.1) is 11.7 Å². The third kappa shape index (κ3) is 12.3.